The Kier molecular flexibility index (Phi) is 3.22. The number of hydrogen-bond donors (Lipinski definition) is 0. The molecule has 23 heavy (non-hydrogen) atoms. The van der Waals surface area contributed by atoms with Gasteiger partial charge in [0.1, 0.15) is 5.65 Å². The zero-order valence-corrected chi connectivity index (χ0v) is 12.6. The highest BCUT2D eigenvalue weighted by Gasteiger charge is 2.14. The molecule has 3 heterocycles. The second-order valence-electron chi connectivity index (χ2n) is 5.75. The van der Waals surface area contributed by atoms with Crippen molar-refractivity contribution in [2.75, 3.05) is 18.0 Å². The molecule has 1 aromatic carbocycles. The molecular formula is C17H16N4O2. The molecule has 0 N–H and O–H groups in total. The van der Waals surface area contributed by atoms with E-state index in [-0.39, 0.29) is 10.6 Å². The van der Waals surface area contributed by atoms with Gasteiger partial charge in [0.25, 0.3) is 5.69 Å². The number of rotatable bonds is 3. The minimum Gasteiger partial charge on any atom is -0.371 e. The van der Waals surface area contributed by atoms with Gasteiger partial charge in [-0.15, -0.1) is 0 Å². The second kappa shape index (κ2) is 5.39. The van der Waals surface area contributed by atoms with Gasteiger partial charge in [0.2, 0.25) is 0 Å². The topological polar surface area (TPSA) is 63.7 Å². The summed E-state index contributed by atoms with van der Waals surface area (Å²) in [5.74, 6) is 0. The molecule has 0 bridgehead atoms. The third-order valence-electron chi connectivity index (χ3n) is 4.34. The van der Waals surface area contributed by atoms with Crippen molar-refractivity contribution in [3.8, 4) is 11.3 Å². The molecular weight excluding hydrogens is 292 g/mol. The van der Waals surface area contributed by atoms with Crippen LogP contribution in [0.4, 0.5) is 11.4 Å². The van der Waals surface area contributed by atoms with Gasteiger partial charge in [-0.25, -0.2) is 4.98 Å². The first-order valence-electron chi connectivity index (χ1n) is 7.69. The van der Waals surface area contributed by atoms with Crippen LogP contribution in [0.2, 0.25) is 0 Å². The van der Waals surface area contributed by atoms with Crippen molar-refractivity contribution in [3.05, 3.63) is 58.9 Å². The molecule has 3 aromatic rings. The summed E-state index contributed by atoms with van der Waals surface area (Å²) in [5, 5.41) is 10.8. The van der Waals surface area contributed by atoms with E-state index >= 15 is 0 Å². The van der Waals surface area contributed by atoms with Gasteiger partial charge >= 0.3 is 0 Å². The number of fused-ring (bicyclic) bond motifs is 1. The number of nitrogens with zero attached hydrogens (tertiary/aromatic N) is 4. The Balaban J connectivity index is 1.71. The Labute approximate surface area is 133 Å². The lowest BCUT2D eigenvalue weighted by Gasteiger charge is -2.17. The van der Waals surface area contributed by atoms with Crippen LogP contribution in [-0.4, -0.2) is 27.4 Å². The van der Waals surface area contributed by atoms with E-state index in [1.54, 1.807) is 12.1 Å². The molecule has 0 spiro atoms. The molecule has 1 aliphatic heterocycles. The quantitative estimate of drug-likeness (QED) is 0.548. The Morgan fingerprint density at radius 1 is 1.09 bits per heavy atom. The smallest absolute Gasteiger partial charge is 0.269 e. The predicted molar refractivity (Wildman–Crippen MR) is 88.7 cm³/mol. The van der Waals surface area contributed by atoms with E-state index in [4.69, 9.17) is 0 Å². The fourth-order valence-corrected chi connectivity index (χ4v) is 3.11. The summed E-state index contributed by atoms with van der Waals surface area (Å²) in [6.07, 6.45) is 6.32. The molecule has 1 aliphatic rings. The lowest BCUT2D eigenvalue weighted by molar-refractivity contribution is -0.384. The van der Waals surface area contributed by atoms with Gasteiger partial charge in [0.15, 0.2) is 0 Å². The Morgan fingerprint density at radius 2 is 1.83 bits per heavy atom. The van der Waals surface area contributed by atoms with E-state index < -0.39 is 0 Å². The number of nitro groups is 1. The maximum atomic E-state index is 10.8. The van der Waals surface area contributed by atoms with Gasteiger partial charge in [0, 0.05) is 48.7 Å². The van der Waals surface area contributed by atoms with Gasteiger partial charge in [-0.3, -0.25) is 14.5 Å². The van der Waals surface area contributed by atoms with Crippen LogP contribution in [0.3, 0.4) is 0 Å². The van der Waals surface area contributed by atoms with Crippen LogP contribution in [-0.2, 0) is 0 Å². The first-order valence-corrected chi connectivity index (χ1v) is 7.69. The average molecular weight is 308 g/mol. The molecule has 0 amide bonds. The number of aromatic nitrogens is 2. The summed E-state index contributed by atoms with van der Waals surface area (Å²) < 4.78 is 2.01. The van der Waals surface area contributed by atoms with Gasteiger partial charge in [-0.1, -0.05) is 0 Å². The summed E-state index contributed by atoms with van der Waals surface area (Å²) >= 11 is 0. The molecule has 1 fully saturated rings. The minimum atomic E-state index is -0.388. The first kappa shape index (κ1) is 13.8. The van der Waals surface area contributed by atoms with Crippen LogP contribution in [0.1, 0.15) is 12.8 Å². The highest BCUT2D eigenvalue weighted by atomic mass is 16.6. The van der Waals surface area contributed by atoms with Crippen molar-refractivity contribution >= 4 is 17.0 Å². The SMILES string of the molecule is O=[N+]([O-])c1ccc(-c2cnc3cc(N4CCCC4)ccn23)cc1. The molecule has 0 unspecified atom stereocenters. The van der Waals surface area contributed by atoms with Gasteiger partial charge in [-0.05, 0) is 31.0 Å². The summed E-state index contributed by atoms with van der Waals surface area (Å²) in [7, 11) is 0. The van der Waals surface area contributed by atoms with Crippen molar-refractivity contribution < 1.29 is 4.92 Å². The lowest BCUT2D eigenvalue weighted by atomic mass is 10.1. The van der Waals surface area contributed by atoms with Crippen molar-refractivity contribution in [1.29, 1.82) is 0 Å². The molecule has 0 radical (unpaired) electrons. The summed E-state index contributed by atoms with van der Waals surface area (Å²) in [4.78, 5) is 17.2. The number of hydrogen-bond acceptors (Lipinski definition) is 4. The molecule has 0 saturated carbocycles. The molecule has 2 aromatic heterocycles. The third kappa shape index (κ3) is 2.42. The molecule has 116 valence electrons. The normalized spacial score (nSPS) is 14.5. The number of pyridine rings is 1. The van der Waals surface area contributed by atoms with E-state index in [0.717, 1.165) is 30.0 Å². The monoisotopic (exact) mass is 308 g/mol. The van der Waals surface area contributed by atoms with E-state index in [1.165, 1.54) is 30.7 Å². The van der Waals surface area contributed by atoms with Crippen LogP contribution < -0.4 is 4.90 Å². The predicted octanol–water partition coefficient (Wildman–Crippen LogP) is 3.51. The number of non-ortho nitro benzene ring substituents is 1. The second-order valence-corrected chi connectivity index (χ2v) is 5.75. The van der Waals surface area contributed by atoms with Crippen molar-refractivity contribution in [3.63, 3.8) is 0 Å². The molecule has 0 aliphatic carbocycles. The average Bonchev–Trinajstić information content (AvgIpc) is 3.24. The fourth-order valence-electron chi connectivity index (χ4n) is 3.11. The molecule has 1 saturated heterocycles. The van der Waals surface area contributed by atoms with E-state index in [9.17, 15) is 10.1 Å². The van der Waals surface area contributed by atoms with Crippen LogP contribution >= 0.6 is 0 Å². The summed E-state index contributed by atoms with van der Waals surface area (Å²) in [6, 6.07) is 10.8. The molecule has 6 heteroatoms. The number of nitro benzene ring substituents is 1. The van der Waals surface area contributed by atoms with E-state index in [2.05, 4.69) is 22.0 Å². The van der Waals surface area contributed by atoms with Gasteiger partial charge in [-0.2, -0.15) is 0 Å². The van der Waals surface area contributed by atoms with Crippen LogP contribution in [0.25, 0.3) is 16.9 Å². The van der Waals surface area contributed by atoms with Crippen molar-refractivity contribution in [2.24, 2.45) is 0 Å². The van der Waals surface area contributed by atoms with Gasteiger partial charge in [0.05, 0.1) is 16.8 Å². The zero-order valence-electron chi connectivity index (χ0n) is 12.6. The summed E-state index contributed by atoms with van der Waals surface area (Å²) in [5.41, 5.74) is 4.04. The van der Waals surface area contributed by atoms with Crippen molar-refractivity contribution in [1.82, 2.24) is 9.38 Å². The van der Waals surface area contributed by atoms with E-state index in [1.807, 2.05) is 16.8 Å². The first-order chi connectivity index (χ1) is 11.2. The number of benzene rings is 1. The van der Waals surface area contributed by atoms with Crippen LogP contribution in [0.5, 0.6) is 0 Å². The Hall–Kier alpha value is -2.89. The molecule has 0 atom stereocenters. The van der Waals surface area contributed by atoms with E-state index in [0.29, 0.717) is 0 Å². The van der Waals surface area contributed by atoms with Gasteiger partial charge < -0.3 is 4.90 Å². The minimum absolute atomic E-state index is 0.0962. The maximum absolute atomic E-state index is 10.8. The molecule has 6 nitrogen and oxygen atoms in total. The summed E-state index contributed by atoms with van der Waals surface area (Å²) in [6.45, 7) is 2.21. The Morgan fingerprint density at radius 3 is 2.52 bits per heavy atom. The standard InChI is InChI=1S/C17H16N4O2/c22-21(23)14-5-3-13(4-6-14)16-12-18-17-11-15(7-10-20(16)17)19-8-1-2-9-19/h3-7,10-12H,1-2,8-9H2. The Bertz CT molecular complexity index is 864. The zero-order chi connectivity index (χ0) is 15.8. The highest BCUT2D eigenvalue weighted by molar-refractivity contribution is 5.67. The van der Waals surface area contributed by atoms with Crippen LogP contribution in [0.15, 0.2) is 48.8 Å². The largest absolute Gasteiger partial charge is 0.371 e. The maximum Gasteiger partial charge on any atom is 0.269 e. The number of anilines is 1. The lowest BCUT2D eigenvalue weighted by Crippen LogP contribution is -2.17. The molecule has 4 rings (SSSR count). The highest BCUT2D eigenvalue weighted by Crippen LogP contribution is 2.26. The third-order valence-corrected chi connectivity index (χ3v) is 4.34. The fraction of sp³-hybridized carbons (Fsp3) is 0.235. The number of imidazole rings is 1. The van der Waals surface area contributed by atoms with Crippen LogP contribution in [0, 0.1) is 10.1 Å². The van der Waals surface area contributed by atoms with Crippen molar-refractivity contribution in [2.45, 2.75) is 12.8 Å².